The van der Waals surface area contributed by atoms with Crippen molar-refractivity contribution in [3.05, 3.63) is 56.5 Å². The summed E-state index contributed by atoms with van der Waals surface area (Å²) < 4.78 is 10.8. The molecule has 3 aromatic rings. The lowest BCUT2D eigenvalue weighted by Gasteiger charge is -2.32. The zero-order chi connectivity index (χ0) is 41.3. The number of aryl methyl sites for hydroxylation is 1. The van der Waals surface area contributed by atoms with Gasteiger partial charge in [-0.3, -0.25) is 4.79 Å². The Balaban J connectivity index is 0.000000225. The smallest absolute Gasteiger partial charge is 0.526 e. The zero-order valence-electron chi connectivity index (χ0n) is 32.2. The molecule has 20 heteroatoms. The van der Waals surface area contributed by atoms with Gasteiger partial charge >= 0.3 is 25.2 Å². The maximum absolute atomic E-state index is 13.2. The van der Waals surface area contributed by atoms with E-state index in [1.165, 1.54) is 35.2 Å². The summed E-state index contributed by atoms with van der Waals surface area (Å²) in [7, 11) is -1.33. The van der Waals surface area contributed by atoms with Crippen LogP contribution in [0.15, 0.2) is 39.3 Å². The Morgan fingerprint density at radius 3 is 2.16 bits per heavy atom. The van der Waals surface area contributed by atoms with E-state index in [0.29, 0.717) is 54.4 Å². The van der Waals surface area contributed by atoms with Crippen LogP contribution in [0.25, 0.3) is 0 Å². The first-order valence-corrected chi connectivity index (χ1v) is 20.4. The number of oxime groups is 2. The molecule has 1 aliphatic carbocycles. The van der Waals surface area contributed by atoms with Crippen molar-refractivity contribution in [3.8, 4) is 5.75 Å². The molecule has 1 atom stereocenters. The number of aromatic nitrogens is 2. The van der Waals surface area contributed by atoms with Crippen LogP contribution in [0.5, 0.6) is 5.75 Å². The van der Waals surface area contributed by atoms with Gasteiger partial charge in [0.2, 0.25) is 5.71 Å². The normalized spacial score (nSPS) is 18.1. The van der Waals surface area contributed by atoms with Gasteiger partial charge in [0.25, 0.3) is 0 Å². The van der Waals surface area contributed by atoms with Gasteiger partial charge in [-0.25, -0.2) is 24.4 Å². The molecule has 2 fully saturated rings. The first-order valence-electron chi connectivity index (χ1n) is 18.6. The van der Waals surface area contributed by atoms with Crippen LogP contribution in [0.4, 0.5) is 9.93 Å². The Morgan fingerprint density at radius 2 is 1.58 bits per heavy atom. The van der Waals surface area contributed by atoms with Crippen LogP contribution < -0.4 is 10.4 Å². The summed E-state index contributed by atoms with van der Waals surface area (Å²) in [6.07, 6.45) is 5.80. The van der Waals surface area contributed by atoms with Gasteiger partial charge in [0.15, 0.2) is 16.6 Å². The lowest BCUT2D eigenvalue weighted by atomic mass is 9.64. The molecular formula is C37H47BN6O11S2. The third-order valence-electron chi connectivity index (χ3n) is 9.22. The van der Waals surface area contributed by atoms with E-state index in [4.69, 9.17) is 24.8 Å². The Bertz CT molecular complexity index is 1970. The lowest BCUT2D eigenvalue weighted by molar-refractivity contribution is -0.129. The average molecular weight is 827 g/mol. The fourth-order valence-electron chi connectivity index (χ4n) is 6.36. The Kier molecular flexibility index (Phi) is 14.6. The molecule has 1 saturated heterocycles. The second kappa shape index (κ2) is 19.4. The van der Waals surface area contributed by atoms with Gasteiger partial charge in [0.05, 0.1) is 10.6 Å². The van der Waals surface area contributed by atoms with Gasteiger partial charge in [0, 0.05) is 48.9 Å². The lowest BCUT2D eigenvalue weighted by Crippen LogP contribution is -2.43. The highest BCUT2D eigenvalue weighted by atomic mass is 32.1. The molecule has 3 aliphatic rings. The van der Waals surface area contributed by atoms with Gasteiger partial charge < -0.3 is 44.9 Å². The van der Waals surface area contributed by atoms with Crippen molar-refractivity contribution in [2.24, 2.45) is 10.3 Å². The minimum Gasteiger partial charge on any atom is -0.535 e. The summed E-state index contributed by atoms with van der Waals surface area (Å²) in [5, 5.41) is 41.4. The maximum Gasteiger partial charge on any atom is 0.526 e. The topological polar surface area (TPSA) is 246 Å². The number of nitrogen functional groups attached to an aromatic ring is 1. The van der Waals surface area contributed by atoms with E-state index in [-0.39, 0.29) is 53.2 Å². The zero-order valence-corrected chi connectivity index (χ0v) is 33.8. The van der Waals surface area contributed by atoms with E-state index in [2.05, 4.69) is 20.3 Å². The number of carboxylic acids is 2. The van der Waals surface area contributed by atoms with Crippen LogP contribution in [-0.2, 0) is 30.4 Å². The van der Waals surface area contributed by atoms with Crippen molar-refractivity contribution in [2.45, 2.75) is 109 Å². The van der Waals surface area contributed by atoms with Gasteiger partial charge in [-0.15, -0.1) is 22.7 Å². The Labute approximate surface area is 338 Å². The number of Topliss-reactive ketones (excluding diaryl/α,β-unsaturated/α-hetero) is 1. The number of carbonyl (C=O) groups is 4. The van der Waals surface area contributed by atoms with Crippen LogP contribution in [-0.4, -0.2) is 103 Å². The summed E-state index contributed by atoms with van der Waals surface area (Å²) in [4.78, 5) is 69.0. The molecule has 0 radical (unpaired) electrons. The van der Waals surface area contributed by atoms with Crippen molar-refractivity contribution in [2.75, 3.05) is 18.8 Å². The molecule has 0 spiro atoms. The predicted molar refractivity (Wildman–Crippen MR) is 213 cm³/mol. The highest BCUT2D eigenvalue weighted by molar-refractivity contribution is 7.13. The fraction of sp³-hybridized carbons (Fsp3) is 0.514. The van der Waals surface area contributed by atoms with Crippen molar-refractivity contribution in [3.63, 3.8) is 0 Å². The molecule has 4 heterocycles. The number of carbonyl (C=O) groups excluding carboxylic acids is 2. The highest BCUT2D eigenvalue weighted by Gasteiger charge is 2.39. The third kappa shape index (κ3) is 12.2. The predicted octanol–water partition coefficient (Wildman–Crippen LogP) is 5.58. The molecule has 0 unspecified atom stereocenters. The van der Waals surface area contributed by atoms with E-state index in [0.717, 1.165) is 30.7 Å². The molecule has 0 bridgehead atoms. The molecule has 57 heavy (non-hydrogen) atoms. The second-order valence-electron chi connectivity index (χ2n) is 14.8. The average Bonchev–Trinajstić information content (AvgIpc) is 3.79. The summed E-state index contributed by atoms with van der Waals surface area (Å²) >= 11 is 2.55. The molecule has 2 aromatic heterocycles. The van der Waals surface area contributed by atoms with E-state index in [1.807, 2.05) is 20.8 Å². The van der Waals surface area contributed by atoms with Crippen LogP contribution in [0.2, 0.25) is 5.82 Å². The van der Waals surface area contributed by atoms with Gasteiger partial charge in [-0.05, 0) is 71.4 Å². The molecular weight excluding hydrogens is 779 g/mol. The van der Waals surface area contributed by atoms with Crippen LogP contribution in [0.1, 0.15) is 104 Å². The fourth-order valence-corrected chi connectivity index (χ4v) is 7.51. The van der Waals surface area contributed by atoms with Crippen molar-refractivity contribution >= 4 is 70.2 Å². The molecule has 306 valence electrons. The molecule has 2 aliphatic heterocycles. The molecule has 1 amide bonds. The molecule has 1 saturated carbocycles. The first kappa shape index (κ1) is 43.1. The number of hydrogen-bond donors (Lipinski definition) is 4. The number of benzene rings is 1. The number of rotatable bonds is 11. The first-order chi connectivity index (χ1) is 27.1. The number of nitrogens with zero attached hydrogens (tertiary/aromatic N) is 5. The van der Waals surface area contributed by atoms with E-state index in [1.54, 1.807) is 34.7 Å². The standard InChI is InChI=1S/C21H24BN3O6S.C16H23N3O5S/c23-21-24-16(11-32-21)18(25-31-14-6-2-1-3-7-14)17(26)10-13-9-12-5-4-8-15(20(27)28)19(12)30-22(13)29;1-10-17-12(9-25-10)13(14(20)21)18-24-11-5-7-19(8-6-11)15(22)23-16(2,3)4/h4-5,8,11,13-14,29H,1-3,6-7,9-10H2,(H2,23,24)(H,27,28);9,11H,5-8H2,1-4H3,(H,20,21)/b25-18-;18-13-/t13-;/m1./s1. The number of ether oxygens (including phenoxy) is 1. The number of anilines is 1. The molecule has 17 nitrogen and oxygen atoms in total. The second-order valence-corrected chi connectivity index (χ2v) is 16.8. The van der Waals surface area contributed by atoms with Gasteiger partial charge in [0.1, 0.15) is 34.9 Å². The summed E-state index contributed by atoms with van der Waals surface area (Å²) in [6, 6.07) is 4.76. The summed E-state index contributed by atoms with van der Waals surface area (Å²) in [5.74, 6) is -3.11. The van der Waals surface area contributed by atoms with Crippen molar-refractivity contribution < 1.29 is 53.5 Å². The summed E-state index contributed by atoms with van der Waals surface area (Å²) in [5.41, 5.74) is 6.32. The van der Waals surface area contributed by atoms with Crippen molar-refractivity contribution in [1.29, 1.82) is 0 Å². The molecule has 1 aromatic carbocycles. The number of aromatic carboxylic acids is 1. The number of carboxylic acid groups (broad SMARTS) is 2. The minimum absolute atomic E-state index is 0.0209. The molecule has 6 rings (SSSR count). The SMILES string of the molecule is Cc1nc(/C(=N/OC2CCN(C(=O)OC(C)(C)C)CC2)C(=O)O)cs1.Nc1nc(/C(=N/OC2CCCCC2)C(=O)C[C@H]2Cc3cccc(C(=O)O)c3OB2O)cs1. The highest BCUT2D eigenvalue weighted by Crippen LogP contribution is 2.36. The molecule has 5 N–H and O–H groups in total. The van der Waals surface area contributed by atoms with Crippen molar-refractivity contribution in [1.82, 2.24) is 14.9 Å². The third-order valence-corrected chi connectivity index (χ3v) is 10.7. The minimum atomic E-state index is -1.33. The van der Waals surface area contributed by atoms with Crippen LogP contribution in [0, 0.1) is 6.92 Å². The van der Waals surface area contributed by atoms with Gasteiger partial charge in [-0.2, -0.15) is 0 Å². The van der Waals surface area contributed by atoms with Crippen LogP contribution >= 0.6 is 22.7 Å². The number of piperidine rings is 1. The number of nitrogens with two attached hydrogens (primary N) is 1. The Hall–Kier alpha value is -5.08. The number of hydrogen-bond acceptors (Lipinski definition) is 16. The maximum atomic E-state index is 13.2. The number of aliphatic carboxylic acids is 1. The van der Waals surface area contributed by atoms with E-state index >= 15 is 0 Å². The van der Waals surface area contributed by atoms with E-state index in [9.17, 15) is 34.4 Å². The van der Waals surface area contributed by atoms with E-state index < -0.39 is 30.5 Å². The number of fused-ring (bicyclic) bond motifs is 1. The number of thiazole rings is 2. The number of para-hydroxylation sites is 1. The Morgan fingerprint density at radius 1 is 0.947 bits per heavy atom. The van der Waals surface area contributed by atoms with Gasteiger partial charge in [-0.1, -0.05) is 28.9 Å². The largest absolute Gasteiger partial charge is 0.535 e. The quantitative estimate of drug-likeness (QED) is 0.105. The number of ketones is 1. The summed E-state index contributed by atoms with van der Waals surface area (Å²) in [6.45, 7) is 8.22. The monoisotopic (exact) mass is 826 g/mol. The number of amides is 1. The van der Waals surface area contributed by atoms with Crippen LogP contribution in [0.3, 0.4) is 0 Å². The number of likely N-dealkylation sites (tertiary alicyclic amines) is 1.